The van der Waals surface area contributed by atoms with Gasteiger partial charge in [-0.2, -0.15) is 0 Å². The van der Waals surface area contributed by atoms with Crippen molar-refractivity contribution in [2.24, 2.45) is 0 Å². The van der Waals surface area contributed by atoms with Gasteiger partial charge in [0.15, 0.2) is 0 Å². The Balaban J connectivity index is 2.07. The monoisotopic (exact) mass is 290 g/mol. The van der Waals surface area contributed by atoms with E-state index in [1.807, 2.05) is 6.07 Å². The van der Waals surface area contributed by atoms with Gasteiger partial charge in [-0.1, -0.05) is 0 Å². The second-order valence-electron chi connectivity index (χ2n) is 3.79. The fourth-order valence-corrected chi connectivity index (χ4v) is 5.86. The first kappa shape index (κ1) is 11.6. The summed E-state index contributed by atoms with van der Waals surface area (Å²) in [5, 5.41) is 0. The molecule has 0 bridgehead atoms. The van der Waals surface area contributed by atoms with Crippen molar-refractivity contribution in [3.63, 3.8) is 0 Å². The molecule has 0 N–H and O–H groups in total. The molecule has 1 aromatic carbocycles. The molecule has 1 saturated heterocycles. The molecule has 2 atom stereocenters. The van der Waals surface area contributed by atoms with Crippen LogP contribution in [0, 0.1) is 0 Å². The molecule has 0 aliphatic carbocycles. The van der Waals surface area contributed by atoms with Crippen LogP contribution >= 0.6 is 5.96 Å². The Kier molecular flexibility index (Phi) is 3.82. The van der Waals surface area contributed by atoms with Crippen molar-refractivity contribution in [1.82, 2.24) is 0 Å². The van der Waals surface area contributed by atoms with Crippen molar-refractivity contribution in [2.45, 2.75) is 25.6 Å². The van der Waals surface area contributed by atoms with Gasteiger partial charge in [-0.15, -0.1) is 0 Å². The minimum atomic E-state index is -1.77. The second kappa shape index (κ2) is 4.95. The summed E-state index contributed by atoms with van der Waals surface area (Å²) in [5.74, 6) is -1.77. The van der Waals surface area contributed by atoms with Gasteiger partial charge >= 0.3 is 98.2 Å². The molecule has 1 aliphatic rings. The molecule has 1 aromatic rings. The molecule has 0 amide bonds. The summed E-state index contributed by atoms with van der Waals surface area (Å²) < 4.78 is 11.7. The Morgan fingerprint density at radius 3 is 2.80 bits per heavy atom. The van der Waals surface area contributed by atoms with Crippen LogP contribution in [0.3, 0.4) is 0 Å². The molecule has 0 radical (unpaired) electrons. The molecule has 4 heteroatoms. The van der Waals surface area contributed by atoms with E-state index in [1.165, 1.54) is 5.56 Å². The van der Waals surface area contributed by atoms with Crippen molar-refractivity contribution in [2.75, 3.05) is 6.61 Å². The van der Waals surface area contributed by atoms with E-state index in [2.05, 4.69) is 46.3 Å². The molecular formula is C11H15O2PSe. The number of hydrogen-bond acceptors (Lipinski definition) is 2. The SMILES string of the molecule is CC1CCOP(=[Se])(Cc2ccccc2)O1. The molecule has 1 aliphatic heterocycles. The first-order chi connectivity index (χ1) is 7.18. The molecule has 0 saturated carbocycles. The van der Waals surface area contributed by atoms with Crippen LogP contribution in [-0.4, -0.2) is 27.8 Å². The Hall–Kier alpha value is 0.0895. The van der Waals surface area contributed by atoms with Crippen LogP contribution in [0.15, 0.2) is 30.3 Å². The molecule has 2 rings (SSSR count). The van der Waals surface area contributed by atoms with E-state index in [9.17, 15) is 0 Å². The zero-order valence-electron chi connectivity index (χ0n) is 8.76. The molecule has 0 spiro atoms. The molecule has 1 heterocycles. The summed E-state index contributed by atoms with van der Waals surface area (Å²) in [5.41, 5.74) is 1.28. The zero-order valence-corrected chi connectivity index (χ0v) is 11.4. The van der Waals surface area contributed by atoms with Crippen LogP contribution in [0.25, 0.3) is 0 Å². The Labute approximate surface area is 98.4 Å². The van der Waals surface area contributed by atoms with Crippen molar-refractivity contribution in [1.29, 1.82) is 0 Å². The number of benzene rings is 1. The van der Waals surface area contributed by atoms with E-state index in [0.29, 0.717) is 6.10 Å². The average molecular weight is 289 g/mol. The van der Waals surface area contributed by atoms with Crippen molar-refractivity contribution < 1.29 is 9.05 Å². The predicted molar refractivity (Wildman–Crippen MR) is 63.9 cm³/mol. The molecule has 2 nitrogen and oxygen atoms in total. The third kappa shape index (κ3) is 3.27. The molecule has 1 fully saturated rings. The zero-order chi connectivity index (χ0) is 10.7. The molecule has 0 aromatic heterocycles. The number of hydrogen-bond donors (Lipinski definition) is 0. The summed E-state index contributed by atoms with van der Waals surface area (Å²) in [7, 11) is 0. The maximum absolute atomic E-state index is 5.91. The summed E-state index contributed by atoms with van der Waals surface area (Å²) in [4.78, 5) is 0. The molecule has 15 heavy (non-hydrogen) atoms. The van der Waals surface area contributed by atoms with Gasteiger partial charge in [0.25, 0.3) is 0 Å². The van der Waals surface area contributed by atoms with Crippen molar-refractivity contribution >= 4 is 21.1 Å². The van der Waals surface area contributed by atoms with E-state index >= 15 is 0 Å². The van der Waals surface area contributed by atoms with Gasteiger partial charge in [0.05, 0.1) is 0 Å². The van der Waals surface area contributed by atoms with Gasteiger partial charge in [-0.3, -0.25) is 0 Å². The molecule has 2 unspecified atom stereocenters. The van der Waals surface area contributed by atoms with Crippen LogP contribution < -0.4 is 0 Å². The maximum atomic E-state index is 5.91. The van der Waals surface area contributed by atoms with E-state index in [1.54, 1.807) is 0 Å². The summed E-state index contributed by atoms with van der Waals surface area (Å²) in [6, 6.07) is 10.4. The standard InChI is InChI=1S/C11H15O2PSe/c1-10-7-8-12-14(15,13-10)9-11-5-3-2-4-6-11/h2-6,10H,7-9H2,1H3. The van der Waals surface area contributed by atoms with Crippen LogP contribution in [0.4, 0.5) is 0 Å². The van der Waals surface area contributed by atoms with Crippen LogP contribution in [-0.2, 0) is 15.2 Å². The Morgan fingerprint density at radius 2 is 2.13 bits per heavy atom. The van der Waals surface area contributed by atoms with Crippen LogP contribution in [0.1, 0.15) is 18.9 Å². The van der Waals surface area contributed by atoms with Gasteiger partial charge in [0, 0.05) is 0 Å². The van der Waals surface area contributed by atoms with E-state index in [-0.39, 0.29) is 0 Å². The topological polar surface area (TPSA) is 18.5 Å². The van der Waals surface area contributed by atoms with Gasteiger partial charge in [0.2, 0.25) is 0 Å². The fraction of sp³-hybridized carbons (Fsp3) is 0.455. The van der Waals surface area contributed by atoms with Gasteiger partial charge in [-0.25, -0.2) is 0 Å². The quantitative estimate of drug-likeness (QED) is 0.615. The Morgan fingerprint density at radius 1 is 1.40 bits per heavy atom. The minimum absolute atomic E-state index is 0.317. The first-order valence-electron chi connectivity index (χ1n) is 5.14. The second-order valence-corrected chi connectivity index (χ2v) is 9.30. The van der Waals surface area contributed by atoms with E-state index < -0.39 is 5.96 Å². The van der Waals surface area contributed by atoms with E-state index in [4.69, 9.17) is 9.05 Å². The van der Waals surface area contributed by atoms with Gasteiger partial charge < -0.3 is 0 Å². The predicted octanol–water partition coefficient (Wildman–Crippen LogP) is 2.94. The summed E-state index contributed by atoms with van der Waals surface area (Å²) in [6.45, 7) is 2.92. The first-order valence-corrected chi connectivity index (χ1v) is 9.16. The van der Waals surface area contributed by atoms with Gasteiger partial charge in [0.1, 0.15) is 0 Å². The summed E-state index contributed by atoms with van der Waals surface area (Å²) in [6.07, 6.45) is 2.19. The fourth-order valence-electron chi connectivity index (χ4n) is 1.60. The molecular weight excluding hydrogens is 274 g/mol. The van der Waals surface area contributed by atoms with Crippen molar-refractivity contribution in [3.8, 4) is 0 Å². The number of rotatable bonds is 2. The van der Waals surface area contributed by atoms with Crippen LogP contribution in [0.5, 0.6) is 0 Å². The van der Waals surface area contributed by atoms with Crippen molar-refractivity contribution in [3.05, 3.63) is 35.9 Å². The summed E-state index contributed by atoms with van der Waals surface area (Å²) >= 11 is 3.14. The molecule has 82 valence electrons. The van der Waals surface area contributed by atoms with Gasteiger partial charge in [-0.05, 0) is 0 Å². The van der Waals surface area contributed by atoms with Crippen LogP contribution in [0.2, 0.25) is 0 Å². The third-order valence-electron chi connectivity index (χ3n) is 2.37. The Bertz CT molecular complexity index is 366. The average Bonchev–Trinajstić information content (AvgIpc) is 2.18. The van der Waals surface area contributed by atoms with E-state index in [0.717, 1.165) is 19.2 Å². The normalized spacial score (nSPS) is 31.4. The third-order valence-corrected chi connectivity index (χ3v) is 6.40.